The first kappa shape index (κ1) is 17.2. The highest BCUT2D eigenvalue weighted by atomic mass is 16.2. The third-order valence-corrected chi connectivity index (χ3v) is 4.63. The molecule has 0 aromatic heterocycles. The van der Waals surface area contributed by atoms with E-state index in [9.17, 15) is 4.79 Å². The van der Waals surface area contributed by atoms with Gasteiger partial charge in [-0.3, -0.25) is 4.79 Å². The molecular weight excluding hydrogens is 310 g/mol. The van der Waals surface area contributed by atoms with Crippen molar-refractivity contribution >= 4 is 5.91 Å². The van der Waals surface area contributed by atoms with E-state index in [1.54, 1.807) is 0 Å². The molecule has 0 saturated carbocycles. The zero-order chi connectivity index (χ0) is 17.5. The van der Waals surface area contributed by atoms with Crippen LogP contribution >= 0.6 is 0 Å². The SMILES string of the molecule is N#Cc1ccc(CNC(Cc2ccccc2)C(=O)N2CCCC2)cc1. The van der Waals surface area contributed by atoms with Crippen LogP contribution in [0.3, 0.4) is 0 Å². The van der Waals surface area contributed by atoms with Crippen molar-refractivity contribution in [2.24, 2.45) is 0 Å². The molecule has 1 amide bonds. The Balaban J connectivity index is 1.68. The van der Waals surface area contributed by atoms with Crippen molar-refractivity contribution in [3.8, 4) is 6.07 Å². The van der Waals surface area contributed by atoms with Gasteiger partial charge in [0, 0.05) is 19.6 Å². The lowest BCUT2D eigenvalue weighted by atomic mass is 10.0. The van der Waals surface area contributed by atoms with Crippen LogP contribution in [-0.2, 0) is 17.8 Å². The Hall–Kier alpha value is -2.64. The minimum Gasteiger partial charge on any atom is -0.341 e. The van der Waals surface area contributed by atoms with Gasteiger partial charge in [-0.15, -0.1) is 0 Å². The van der Waals surface area contributed by atoms with E-state index in [1.807, 2.05) is 47.4 Å². The number of carbonyl (C=O) groups excluding carboxylic acids is 1. The summed E-state index contributed by atoms with van der Waals surface area (Å²) in [5, 5.41) is 12.3. The van der Waals surface area contributed by atoms with Gasteiger partial charge < -0.3 is 10.2 Å². The molecule has 1 fully saturated rings. The molecule has 0 aliphatic carbocycles. The van der Waals surface area contributed by atoms with Gasteiger partial charge in [-0.05, 0) is 42.5 Å². The largest absolute Gasteiger partial charge is 0.341 e. The average Bonchev–Trinajstić information content (AvgIpc) is 3.20. The Morgan fingerprint density at radius 1 is 1.04 bits per heavy atom. The molecule has 0 bridgehead atoms. The normalized spacial score (nSPS) is 14.9. The van der Waals surface area contributed by atoms with E-state index >= 15 is 0 Å². The number of nitriles is 1. The van der Waals surface area contributed by atoms with Gasteiger partial charge in [-0.1, -0.05) is 42.5 Å². The first-order valence-electron chi connectivity index (χ1n) is 8.81. The van der Waals surface area contributed by atoms with Crippen molar-refractivity contribution in [1.29, 1.82) is 5.26 Å². The number of carbonyl (C=O) groups is 1. The monoisotopic (exact) mass is 333 g/mol. The van der Waals surface area contributed by atoms with Crippen LogP contribution in [0.15, 0.2) is 54.6 Å². The topological polar surface area (TPSA) is 56.1 Å². The van der Waals surface area contributed by atoms with Crippen LogP contribution in [0, 0.1) is 11.3 Å². The van der Waals surface area contributed by atoms with Gasteiger partial charge in [0.1, 0.15) is 0 Å². The zero-order valence-corrected chi connectivity index (χ0v) is 14.3. The van der Waals surface area contributed by atoms with Crippen LogP contribution in [0.5, 0.6) is 0 Å². The third kappa shape index (κ3) is 4.68. The number of rotatable bonds is 6. The third-order valence-electron chi connectivity index (χ3n) is 4.63. The van der Waals surface area contributed by atoms with E-state index < -0.39 is 0 Å². The van der Waals surface area contributed by atoms with Crippen LogP contribution in [0.2, 0.25) is 0 Å². The summed E-state index contributed by atoms with van der Waals surface area (Å²) in [4.78, 5) is 14.9. The minimum atomic E-state index is -0.226. The minimum absolute atomic E-state index is 0.190. The molecular formula is C21H23N3O. The molecule has 25 heavy (non-hydrogen) atoms. The molecule has 0 spiro atoms. The summed E-state index contributed by atoms with van der Waals surface area (Å²) in [6, 6.07) is 19.5. The molecule has 2 aromatic carbocycles. The van der Waals surface area contributed by atoms with Gasteiger partial charge in [0.2, 0.25) is 5.91 Å². The highest BCUT2D eigenvalue weighted by Gasteiger charge is 2.26. The van der Waals surface area contributed by atoms with Gasteiger partial charge in [-0.25, -0.2) is 0 Å². The lowest BCUT2D eigenvalue weighted by Crippen LogP contribution is -2.46. The van der Waals surface area contributed by atoms with E-state index in [-0.39, 0.29) is 11.9 Å². The number of nitrogens with zero attached hydrogens (tertiary/aromatic N) is 2. The van der Waals surface area contributed by atoms with Gasteiger partial charge in [0.15, 0.2) is 0 Å². The highest BCUT2D eigenvalue weighted by molar-refractivity contribution is 5.82. The molecule has 2 aromatic rings. The molecule has 1 unspecified atom stereocenters. The van der Waals surface area contributed by atoms with Crippen LogP contribution < -0.4 is 5.32 Å². The number of likely N-dealkylation sites (tertiary alicyclic amines) is 1. The van der Waals surface area contributed by atoms with Crippen molar-refractivity contribution in [3.63, 3.8) is 0 Å². The molecule has 128 valence electrons. The summed E-state index contributed by atoms with van der Waals surface area (Å²) in [5.74, 6) is 0.190. The van der Waals surface area contributed by atoms with Crippen LogP contribution in [0.25, 0.3) is 0 Å². The molecule has 4 heteroatoms. The Morgan fingerprint density at radius 3 is 2.36 bits per heavy atom. The second-order valence-corrected chi connectivity index (χ2v) is 6.46. The van der Waals surface area contributed by atoms with Crippen molar-refractivity contribution in [3.05, 3.63) is 71.3 Å². The van der Waals surface area contributed by atoms with Crippen LogP contribution in [0.1, 0.15) is 29.5 Å². The maximum absolute atomic E-state index is 12.9. The first-order valence-corrected chi connectivity index (χ1v) is 8.81. The summed E-state index contributed by atoms with van der Waals surface area (Å²) in [6.45, 7) is 2.34. The number of amides is 1. The number of nitrogens with one attached hydrogen (secondary N) is 1. The summed E-state index contributed by atoms with van der Waals surface area (Å²) in [5.41, 5.74) is 2.89. The Labute approximate surface area is 149 Å². The molecule has 0 radical (unpaired) electrons. The van der Waals surface area contributed by atoms with E-state index in [0.29, 0.717) is 18.5 Å². The number of benzene rings is 2. The molecule has 1 atom stereocenters. The fourth-order valence-electron chi connectivity index (χ4n) is 3.19. The Morgan fingerprint density at radius 2 is 1.72 bits per heavy atom. The highest BCUT2D eigenvalue weighted by Crippen LogP contribution is 2.13. The van der Waals surface area contributed by atoms with E-state index in [0.717, 1.165) is 37.1 Å². The van der Waals surface area contributed by atoms with Gasteiger partial charge in [0.05, 0.1) is 17.7 Å². The summed E-state index contributed by atoms with van der Waals surface area (Å²) < 4.78 is 0. The maximum Gasteiger partial charge on any atom is 0.240 e. The van der Waals surface area contributed by atoms with E-state index in [1.165, 1.54) is 0 Å². The molecule has 4 nitrogen and oxygen atoms in total. The average molecular weight is 333 g/mol. The van der Waals surface area contributed by atoms with Gasteiger partial charge in [0.25, 0.3) is 0 Å². The van der Waals surface area contributed by atoms with E-state index in [4.69, 9.17) is 5.26 Å². The van der Waals surface area contributed by atoms with E-state index in [2.05, 4.69) is 23.5 Å². The Bertz CT molecular complexity index is 728. The fraction of sp³-hybridized carbons (Fsp3) is 0.333. The summed E-state index contributed by atoms with van der Waals surface area (Å²) >= 11 is 0. The summed E-state index contributed by atoms with van der Waals surface area (Å²) in [6.07, 6.45) is 2.88. The second kappa shape index (κ2) is 8.46. The lowest BCUT2D eigenvalue weighted by Gasteiger charge is -2.24. The molecule has 1 heterocycles. The fourth-order valence-corrected chi connectivity index (χ4v) is 3.19. The van der Waals surface area contributed by atoms with Crippen molar-refractivity contribution in [1.82, 2.24) is 10.2 Å². The van der Waals surface area contributed by atoms with Crippen molar-refractivity contribution < 1.29 is 4.79 Å². The second-order valence-electron chi connectivity index (χ2n) is 6.46. The van der Waals surface area contributed by atoms with Crippen LogP contribution in [-0.4, -0.2) is 29.9 Å². The maximum atomic E-state index is 12.9. The molecule has 1 saturated heterocycles. The predicted molar refractivity (Wildman–Crippen MR) is 97.7 cm³/mol. The quantitative estimate of drug-likeness (QED) is 0.884. The van der Waals surface area contributed by atoms with Crippen molar-refractivity contribution in [2.75, 3.05) is 13.1 Å². The molecule has 3 rings (SSSR count). The Kier molecular flexibility index (Phi) is 5.81. The van der Waals surface area contributed by atoms with Crippen molar-refractivity contribution in [2.45, 2.75) is 31.8 Å². The first-order chi connectivity index (χ1) is 12.3. The summed E-state index contributed by atoms with van der Waals surface area (Å²) in [7, 11) is 0. The zero-order valence-electron chi connectivity index (χ0n) is 14.3. The predicted octanol–water partition coefficient (Wildman–Crippen LogP) is 2.88. The molecule has 1 aliphatic heterocycles. The standard InChI is InChI=1S/C21H23N3O/c22-15-18-8-10-19(11-9-18)16-23-20(14-17-6-2-1-3-7-17)21(25)24-12-4-5-13-24/h1-3,6-11,20,23H,4-5,12-14,16H2. The molecule has 1 aliphatic rings. The number of hydrogen-bond donors (Lipinski definition) is 1. The van der Waals surface area contributed by atoms with Gasteiger partial charge in [-0.2, -0.15) is 5.26 Å². The lowest BCUT2D eigenvalue weighted by molar-refractivity contribution is -0.132. The smallest absolute Gasteiger partial charge is 0.240 e. The number of hydrogen-bond acceptors (Lipinski definition) is 3. The van der Waals surface area contributed by atoms with Gasteiger partial charge >= 0.3 is 0 Å². The molecule has 1 N–H and O–H groups in total. The van der Waals surface area contributed by atoms with Crippen LogP contribution in [0.4, 0.5) is 0 Å².